The van der Waals surface area contributed by atoms with Crippen molar-refractivity contribution in [3.8, 4) is 11.8 Å². The van der Waals surface area contributed by atoms with Crippen LogP contribution in [0, 0.1) is 30.4 Å². The molecule has 2 amide bonds. The number of hydrogen-bond acceptors (Lipinski definition) is 6. The molecule has 0 unspecified atom stereocenters. The predicted molar refractivity (Wildman–Crippen MR) is 137 cm³/mol. The van der Waals surface area contributed by atoms with Crippen LogP contribution in [0.4, 0.5) is 27.8 Å². The molecule has 216 valence electrons. The number of anilines is 1. The van der Waals surface area contributed by atoms with E-state index in [2.05, 4.69) is 33.8 Å². The van der Waals surface area contributed by atoms with Crippen LogP contribution in [0.3, 0.4) is 0 Å². The summed E-state index contributed by atoms with van der Waals surface area (Å²) < 4.78 is 76.3. The van der Waals surface area contributed by atoms with Crippen molar-refractivity contribution in [2.24, 2.45) is 5.73 Å². The first-order valence-electron chi connectivity index (χ1n) is 12.0. The minimum Gasteiger partial charge on any atom is -0.503 e. The molecule has 3 heterocycles. The number of amides is 2. The second-order valence-corrected chi connectivity index (χ2v) is 9.01. The number of alkyl halides is 3. The van der Waals surface area contributed by atoms with E-state index in [0.717, 1.165) is 6.08 Å². The van der Waals surface area contributed by atoms with Crippen LogP contribution in [0.5, 0.6) is 0 Å². The zero-order valence-electron chi connectivity index (χ0n) is 22.1. The van der Waals surface area contributed by atoms with E-state index in [4.69, 9.17) is 10.5 Å². The fraction of sp³-hybridized carbons (Fsp3) is 0.308. The van der Waals surface area contributed by atoms with Crippen LogP contribution in [0.2, 0.25) is 0 Å². The van der Waals surface area contributed by atoms with Crippen molar-refractivity contribution in [1.29, 1.82) is 0 Å². The van der Waals surface area contributed by atoms with Gasteiger partial charge in [0.15, 0.2) is 11.5 Å². The quantitative estimate of drug-likeness (QED) is 0.201. The van der Waals surface area contributed by atoms with Crippen LogP contribution in [-0.4, -0.2) is 62.9 Å². The second-order valence-electron chi connectivity index (χ2n) is 9.01. The predicted octanol–water partition coefficient (Wildman–Crippen LogP) is 3.37. The highest BCUT2D eigenvalue weighted by atomic mass is 19.4. The Morgan fingerprint density at radius 1 is 1.32 bits per heavy atom. The number of hydrogen-bond donors (Lipinski definition) is 2. The number of benzene rings is 1. The lowest BCUT2D eigenvalue weighted by molar-refractivity contribution is -0.140. The maximum Gasteiger partial charge on any atom is 0.406 e. The Morgan fingerprint density at radius 3 is 2.61 bits per heavy atom. The molecule has 3 N–H and O–H groups in total. The number of likely N-dealkylation sites (tertiary alicyclic amines) is 1. The van der Waals surface area contributed by atoms with Crippen molar-refractivity contribution in [2.45, 2.75) is 32.1 Å². The fourth-order valence-corrected chi connectivity index (χ4v) is 4.68. The average Bonchev–Trinajstić information content (AvgIpc) is 3.57. The van der Waals surface area contributed by atoms with Crippen LogP contribution >= 0.6 is 0 Å². The number of allylic oxidation sites excluding steroid dienone is 1. The molecule has 2 aromatic heterocycles. The Morgan fingerprint density at radius 2 is 2.02 bits per heavy atom. The standard InChI is InChI=1S/C26H24F5N7O3/c1-5-20(39)36-10-14(8-15(36)11-41-4)38-25(33-3)21(24(32)40)18(35-38)7-6-16-17(27)9-19-23(22(16)28)34-13(2)37(19)12-26(29,30)31/h5,9,11,14,33H,1,8,10,12H2,2-4H3,(H2,32,40)/b15-11+/t14-/m0/s1. The van der Waals surface area contributed by atoms with Crippen LogP contribution < -0.4 is 11.1 Å². The third kappa shape index (κ3) is 5.45. The lowest BCUT2D eigenvalue weighted by Crippen LogP contribution is -2.27. The zero-order chi connectivity index (χ0) is 30.2. The number of carbonyl (C=O) groups excluding carboxylic acids is 2. The maximum atomic E-state index is 15.3. The number of nitrogens with two attached hydrogens (primary N) is 1. The lowest BCUT2D eigenvalue weighted by atomic mass is 10.1. The number of fused-ring (bicyclic) bond motifs is 1. The van der Waals surface area contributed by atoms with E-state index in [-0.39, 0.29) is 41.4 Å². The topological polar surface area (TPSA) is 120 Å². The van der Waals surface area contributed by atoms with Gasteiger partial charge in [-0.25, -0.2) is 18.4 Å². The van der Waals surface area contributed by atoms with Crippen molar-refractivity contribution < 1.29 is 36.3 Å². The number of primary amides is 1. The summed E-state index contributed by atoms with van der Waals surface area (Å²) in [6.45, 7) is 3.37. The zero-order valence-corrected chi connectivity index (χ0v) is 22.1. The molecular weight excluding hydrogens is 553 g/mol. The smallest absolute Gasteiger partial charge is 0.406 e. The first kappa shape index (κ1) is 29.1. The Kier molecular flexibility index (Phi) is 7.78. The molecule has 41 heavy (non-hydrogen) atoms. The van der Waals surface area contributed by atoms with Gasteiger partial charge in [-0.3, -0.25) is 9.59 Å². The second kappa shape index (κ2) is 11.0. The van der Waals surface area contributed by atoms with Gasteiger partial charge in [0.2, 0.25) is 5.91 Å². The number of nitrogens with one attached hydrogen (secondary N) is 1. The molecule has 15 heteroatoms. The molecule has 4 rings (SSSR count). The maximum absolute atomic E-state index is 15.3. The Balaban J connectivity index is 1.81. The molecule has 1 saturated heterocycles. The molecule has 1 atom stereocenters. The summed E-state index contributed by atoms with van der Waals surface area (Å²) in [6.07, 6.45) is -1.87. The normalized spacial score (nSPS) is 16.1. The molecule has 0 spiro atoms. The Labute approximate surface area is 230 Å². The van der Waals surface area contributed by atoms with Crippen LogP contribution in [0.25, 0.3) is 11.0 Å². The highest BCUT2D eigenvalue weighted by Gasteiger charge is 2.35. The SMILES string of the molecule is C=CC(=O)N1C[C@@H](n2nc(C#Cc3c(F)cc4c(nc(C)n4CC(F)(F)F)c3F)c(C(N)=O)c2NC)C/C1=C\OC. The van der Waals surface area contributed by atoms with Gasteiger partial charge in [0.1, 0.15) is 41.3 Å². The summed E-state index contributed by atoms with van der Waals surface area (Å²) in [6, 6.07) is 0.204. The van der Waals surface area contributed by atoms with Gasteiger partial charge in [0, 0.05) is 26.1 Å². The van der Waals surface area contributed by atoms with E-state index in [1.54, 1.807) is 0 Å². The van der Waals surface area contributed by atoms with Crippen LogP contribution in [0.15, 0.2) is 30.7 Å². The summed E-state index contributed by atoms with van der Waals surface area (Å²) in [4.78, 5) is 30.0. The third-order valence-corrected chi connectivity index (χ3v) is 6.39. The van der Waals surface area contributed by atoms with Crippen molar-refractivity contribution in [1.82, 2.24) is 24.2 Å². The molecule has 10 nitrogen and oxygen atoms in total. The first-order chi connectivity index (χ1) is 19.3. The van der Waals surface area contributed by atoms with E-state index in [0.29, 0.717) is 16.3 Å². The van der Waals surface area contributed by atoms with E-state index in [1.807, 2.05) is 0 Å². The number of nitrogens with zero attached hydrogens (tertiary/aromatic N) is 5. The van der Waals surface area contributed by atoms with E-state index in [9.17, 15) is 27.2 Å². The summed E-state index contributed by atoms with van der Waals surface area (Å²) in [5, 5.41) is 7.18. The Hall–Kier alpha value is -4.87. The molecule has 1 fully saturated rings. The molecule has 3 aromatic rings. The third-order valence-electron chi connectivity index (χ3n) is 6.39. The summed E-state index contributed by atoms with van der Waals surface area (Å²) in [7, 11) is 2.91. The largest absolute Gasteiger partial charge is 0.503 e. The number of ether oxygens (including phenoxy) is 1. The summed E-state index contributed by atoms with van der Waals surface area (Å²) >= 11 is 0. The van der Waals surface area contributed by atoms with Crippen molar-refractivity contribution in [2.75, 3.05) is 26.0 Å². The molecule has 0 bridgehead atoms. The average molecular weight is 578 g/mol. The summed E-state index contributed by atoms with van der Waals surface area (Å²) in [5.74, 6) is 0.902. The molecule has 0 aliphatic carbocycles. The number of aromatic nitrogens is 4. The molecular formula is C26H24F5N7O3. The van der Waals surface area contributed by atoms with Gasteiger partial charge in [-0.15, -0.1) is 0 Å². The molecule has 1 aromatic carbocycles. The van der Waals surface area contributed by atoms with E-state index in [1.165, 1.54) is 36.9 Å². The number of carbonyl (C=O) groups is 2. The van der Waals surface area contributed by atoms with Crippen molar-refractivity contribution in [3.05, 3.63) is 65.0 Å². The van der Waals surface area contributed by atoms with Crippen molar-refractivity contribution in [3.63, 3.8) is 0 Å². The minimum atomic E-state index is -4.64. The highest BCUT2D eigenvalue weighted by Crippen LogP contribution is 2.34. The van der Waals surface area contributed by atoms with Gasteiger partial charge < -0.3 is 25.3 Å². The monoisotopic (exact) mass is 577 g/mol. The number of aryl methyl sites for hydroxylation is 1. The summed E-state index contributed by atoms with van der Waals surface area (Å²) in [5.41, 5.74) is 4.06. The lowest BCUT2D eigenvalue weighted by Gasteiger charge is -2.16. The fourth-order valence-electron chi connectivity index (χ4n) is 4.68. The Bertz CT molecular complexity index is 1660. The molecule has 1 aliphatic heterocycles. The number of halogens is 5. The van der Waals surface area contributed by atoms with Gasteiger partial charge in [-0.05, 0) is 18.9 Å². The first-order valence-corrected chi connectivity index (χ1v) is 12.0. The van der Waals surface area contributed by atoms with Crippen molar-refractivity contribution >= 4 is 28.7 Å². The highest BCUT2D eigenvalue weighted by molar-refractivity contribution is 6.00. The van der Waals surface area contributed by atoms with Gasteiger partial charge >= 0.3 is 6.18 Å². The molecule has 1 aliphatic rings. The minimum absolute atomic E-state index is 0.126. The van der Waals surface area contributed by atoms with Crippen LogP contribution in [-0.2, 0) is 16.1 Å². The van der Waals surface area contributed by atoms with Gasteiger partial charge in [-0.1, -0.05) is 12.5 Å². The van der Waals surface area contributed by atoms with Gasteiger partial charge in [0.05, 0.1) is 29.9 Å². The molecule has 0 saturated carbocycles. The van der Waals surface area contributed by atoms with Crippen LogP contribution in [0.1, 0.15) is 39.9 Å². The molecule has 0 radical (unpaired) electrons. The van der Waals surface area contributed by atoms with Gasteiger partial charge in [-0.2, -0.15) is 18.3 Å². The number of rotatable bonds is 6. The number of imidazole rings is 1. The van der Waals surface area contributed by atoms with E-state index >= 15 is 4.39 Å². The van der Waals surface area contributed by atoms with E-state index < -0.39 is 53.3 Å². The van der Waals surface area contributed by atoms with Gasteiger partial charge in [0.25, 0.3) is 5.91 Å². The number of methoxy groups -OCH3 is 1.